The summed E-state index contributed by atoms with van der Waals surface area (Å²) in [5.41, 5.74) is 6.57. The molecule has 1 aromatic carbocycles. The average molecular weight is 310 g/mol. The third-order valence-electron chi connectivity index (χ3n) is 3.86. The lowest BCUT2D eigenvalue weighted by Crippen LogP contribution is -2.22. The van der Waals surface area contributed by atoms with Crippen LogP contribution in [0.3, 0.4) is 0 Å². The number of benzene rings is 1. The van der Waals surface area contributed by atoms with E-state index in [1.165, 1.54) is 12.8 Å². The van der Waals surface area contributed by atoms with Crippen LogP contribution in [0.5, 0.6) is 0 Å². The van der Waals surface area contributed by atoms with Gasteiger partial charge in [-0.2, -0.15) is 0 Å². The standard InChI is InChI=1S/C15H20ClN3O2/c16-12-9-11(14(17)19-21)7-8-13(12)18-15(20)10-5-3-1-2-4-6-10/h7-10,21H,1-6H2,(H2,17,19)(H,18,20). The second-order valence-corrected chi connectivity index (χ2v) is 5.76. The van der Waals surface area contributed by atoms with E-state index in [1.54, 1.807) is 18.2 Å². The van der Waals surface area contributed by atoms with Gasteiger partial charge >= 0.3 is 0 Å². The van der Waals surface area contributed by atoms with Gasteiger partial charge in [-0.15, -0.1) is 0 Å². The van der Waals surface area contributed by atoms with Crippen LogP contribution in [-0.4, -0.2) is 17.0 Å². The van der Waals surface area contributed by atoms with Crippen LogP contribution < -0.4 is 11.1 Å². The maximum Gasteiger partial charge on any atom is 0.227 e. The number of nitrogens with one attached hydrogen (secondary N) is 1. The molecule has 6 heteroatoms. The van der Waals surface area contributed by atoms with Gasteiger partial charge in [0, 0.05) is 11.5 Å². The van der Waals surface area contributed by atoms with Crippen molar-refractivity contribution in [3.63, 3.8) is 0 Å². The largest absolute Gasteiger partial charge is 0.409 e. The fourth-order valence-corrected chi connectivity index (χ4v) is 2.84. The number of nitrogens with zero attached hydrogens (tertiary/aromatic N) is 1. The van der Waals surface area contributed by atoms with Crippen LogP contribution in [0.1, 0.15) is 44.1 Å². The molecule has 21 heavy (non-hydrogen) atoms. The van der Waals surface area contributed by atoms with Crippen LogP contribution >= 0.6 is 11.6 Å². The summed E-state index contributed by atoms with van der Waals surface area (Å²) in [5.74, 6) is 0.0706. The monoisotopic (exact) mass is 309 g/mol. The molecule has 0 saturated heterocycles. The number of amides is 1. The van der Waals surface area contributed by atoms with Crippen LogP contribution in [0, 0.1) is 5.92 Å². The Morgan fingerprint density at radius 1 is 1.29 bits per heavy atom. The molecule has 1 amide bonds. The van der Waals surface area contributed by atoms with Gasteiger partial charge < -0.3 is 16.3 Å². The minimum absolute atomic E-state index is 0.0152. The average Bonchev–Trinajstić information content (AvgIpc) is 2.77. The summed E-state index contributed by atoms with van der Waals surface area (Å²) in [6.45, 7) is 0. The number of anilines is 1. The number of oxime groups is 1. The van der Waals surface area contributed by atoms with Gasteiger partial charge in [-0.3, -0.25) is 4.79 Å². The summed E-state index contributed by atoms with van der Waals surface area (Å²) < 4.78 is 0. The molecule has 1 aromatic rings. The summed E-state index contributed by atoms with van der Waals surface area (Å²) in [7, 11) is 0. The maximum atomic E-state index is 12.3. The molecule has 0 aliphatic heterocycles. The maximum absolute atomic E-state index is 12.3. The summed E-state index contributed by atoms with van der Waals surface area (Å²) in [6, 6.07) is 4.90. The zero-order valence-electron chi connectivity index (χ0n) is 11.8. The first-order valence-corrected chi connectivity index (χ1v) is 7.58. The Balaban J connectivity index is 2.06. The smallest absolute Gasteiger partial charge is 0.227 e. The Morgan fingerprint density at radius 2 is 1.95 bits per heavy atom. The molecule has 0 aromatic heterocycles. The van der Waals surface area contributed by atoms with E-state index >= 15 is 0 Å². The van der Waals surface area contributed by atoms with Crippen molar-refractivity contribution in [2.45, 2.75) is 38.5 Å². The van der Waals surface area contributed by atoms with E-state index < -0.39 is 0 Å². The molecule has 4 N–H and O–H groups in total. The van der Waals surface area contributed by atoms with Gasteiger partial charge in [-0.1, -0.05) is 42.4 Å². The van der Waals surface area contributed by atoms with Crippen molar-refractivity contribution in [2.24, 2.45) is 16.8 Å². The number of nitrogens with two attached hydrogens (primary N) is 1. The Hall–Kier alpha value is -1.75. The van der Waals surface area contributed by atoms with Gasteiger partial charge in [0.05, 0.1) is 10.7 Å². The van der Waals surface area contributed by atoms with E-state index in [0.717, 1.165) is 25.7 Å². The highest BCUT2D eigenvalue weighted by atomic mass is 35.5. The highest BCUT2D eigenvalue weighted by molar-refractivity contribution is 6.34. The van der Waals surface area contributed by atoms with Gasteiger partial charge in [0.2, 0.25) is 5.91 Å². The number of hydrogen-bond acceptors (Lipinski definition) is 3. The topological polar surface area (TPSA) is 87.7 Å². The highest BCUT2D eigenvalue weighted by Gasteiger charge is 2.20. The van der Waals surface area contributed by atoms with Crippen LogP contribution in [0.15, 0.2) is 23.4 Å². The first-order valence-electron chi connectivity index (χ1n) is 7.20. The number of carbonyl (C=O) groups is 1. The lowest BCUT2D eigenvalue weighted by Gasteiger charge is -2.15. The number of amidine groups is 1. The number of halogens is 1. The minimum atomic E-state index is -0.0152. The minimum Gasteiger partial charge on any atom is -0.409 e. The Labute approximate surface area is 129 Å². The molecule has 0 atom stereocenters. The summed E-state index contributed by atoms with van der Waals surface area (Å²) >= 11 is 6.14. The van der Waals surface area contributed by atoms with Crippen molar-refractivity contribution < 1.29 is 10.0 Å². The first kappa shape index (κ1) is 15.6. The van der Waals surface area contributed by atoms with Crippen LogP contribution in [0.4, 0.5) is 5.69 Å². The molecular formula is C15H20ClN3O2. The van der Waals surface area contributed by atoms with Gasteiger partial charge in [0.15, 0.2) is 5.84 Å². The quantitative estimate of drug-likeness (QED) is 0.263. The van der Waals surface area contributed by atoms with Crippen molar-refractivity contribution in [1.82, 2.24) is 0 Å². The van der Waals surface area contributed by atoms with Crippen molar-refractivity contribution >= 4 is 29.0 Å². The van der Waals surface area contributed by atoms with E-state index in [-0.39, 0.29) is 17.7 Å². The van der Waals surface area contributed by atoms with E-state index in [2.05, 4.69) is 10.5 Å². The molecule has 0 heterocycles. The van der Waals surface area contributed by atoms with E-state index in [0.29, 0.717) is 16.3 Å². The van der Waals surface area contributed by atoms with Crippen molar-refractivity contribution in [3.8, 4) is 0 Å². The van der Waals surface area contributed by atoms with Gasteiger partial charge in [-0.05, 0) is 31.0 Å². The molecule has 2 rings (SSSR count). The predicted molar refractivity (Wildman–Crippen MR) is 83.8 cm³/mol. The number of carbonyl (C=O) groups excluding carboxylic acids is 1. The molecule has 1 saturated carbocycles. The highest BCUT2D eigenvalue weighted by Crippen LogP contribution is 2.27. The van der Waals surface area contributed by atoms with Crippen molar-refractivity contribution in [2.75, 3.05) is 5.32 Å². The first-order chi connectivity index (χ1) is 10.1. The Kier molecular flexibility index (Phi) is 5.44. The zero-order chi connectivity index (χ0) is 15.2. The molecule has 0 bridgehead atoms. The summed E-state index contributed by atoms with van der Waals surface area (Å²) in [6.07, 6.45) is 6.50. The van der Waals surface area contributed by atoms with Gasteiger partial charge in [0.1, 0.15) is 0 Å². The molecule has 0 unspecified atom stereocenters. The van der Waals surface area contributed by atoms with Crippen LogP contribution in [0.2, 0.25) is 5.02 Å². The molecule has 0 spiro atoms. The van der Waals surface area contributed by atoms with Crippen LogP contribution in [-0.2, 0) is 4.79 Å². The third kappa shape index (κ3) is 4.11. The second kappa shape index (κ2) is 7.31. The van der Waals surface area contributed by atoms with Crippen LogP contribution in [0.25, 0.3) is 0 Å². The number of hydrogen-bond donors (Lipinski definition) is 3. The summed E-state index contributed by atoms with van der Waals surface area (Å²) in [4.78, 5) is 12.3. The normalized spacial score (nSPS) is 17.3. The molecule has 114 valence electrons. The molecule has 1 aliphatic rings. The van der Waals surface area contributed by atoms with Gasteiger partial charge in [-0.25, -0.2) is 0 Å². The Bertz CT molecular complexity index is 538. The number of rotatable bonds is 3. The lowest BCUT2D eigenvalue weighted by atomic mass is 9.99. The molecule has 1 aliphatic carbocycles. The predicted octanol–water partition coefficient (Wildman–Crippen LogP) is 3.34. The fraction of sp³-hybridized carbons (Fsp3) is 0.467. The molecule has 5 nitrogen and oxygen atoms in total. The lowest BCUT2D eigenvalue weighted by molar-refractivity contribution is -0.120. The molecule has 0 radical (unpaired) electrons. The van der Waals surface area contributed by atoms with Crippen molar-refractivity contribution in [3.05, 3.63) is 28.8 Å². The SMILES string of the molecule is N/C(=N/O)c1ccc(NC(=O)C2CCCCCC2)c(Cl)c1. The van der Waals surface area contributed by atoms with E-state index in [9.17, 15) is 4.79 Å². The third-order valence-corrected chi connectivity index (χ3v) is 4.17. The summed E-state index contributed by atoms with van der Waals surface area (Å²) in [5, 5.41) is 14.8. The zero-order valence-corrected chi connectivity index (χ0v) is 12.6. The van der Waals surface area contributed by atoms with Crippen molar-refractivity contribution in [1.29, 1.82) is 0 Å². The van der Waals surface area contributed by atoms with Gasteiger partial charge in [0.25, 0.3) is 0 Å². The molecule has 1 fully saturated rings. The second-order valence-electron chi connectivity index (χ2n) is 5.36. The van der Waals surface area contributed by atoms with E-state index in [4.69, 9.17) is 22.5 Å². The Morgan fingerprint density at radius 3 is 2.52 bits per heavy atom. The fourth-order valence-electron chi connectivity index (χ4n) is 2.61. The van der Waals surface area contributed by atoms with E-state index in [1.807, 2.05) is 0 Å². The molecular weight excluding hydrogens is 290 g/mol.